The maximum Gasteiger partial charge on any atom is 0.224 e. The Hall–Kier alpha value is -2.80. The second kappa shape index (κ2) is 7.84. The summed E-state index contributed by atoms with van der Waals surface area (Å²) in [5.41, 5.74) is 2.73. The SMILES string of the molecule is CCC(=O)Nc1cccc(COc2ccc(CC#N)cc2)c1. The first-order valence-electron chi connectivity index (χ1n) is 7.18. The Morgan fingerprint density at radius 3 is 2.64 bits per heavy atom. The fourth-order valence-electron chi connectivity index (χ4n) is 1.95. The highest BCUT2D eigenvalue weighted by molar-refractivity contribution is 5.90. The monoisotopic (exact) mass is 294 g/mol. The van der Waals surface area contributed by atoms with Crippen molar-refractivity contribution >= 4 is 11.6 Å². The third kappa shape index (κ3) is 4.64. The van der Waals surface area contributed by atoms with Gasteiger partial charge in [0.1, 0.15) is 12.4 Å². The van der Waals surface area contributed by atoms with Crippen LogP contribution in [0.5, 0.6) is 5.75 Å². The van der Waals surface area contributed by atoms with Crippen molar-refractivity contribution in [2.75, 3.05) is 5.32 Å². The highest BCUT2D eigenvalue weighted by Gasteiger charge is 2.01. The van der Waals surface area contributed by atoms with Crippen LogP contribution in [-0.4, -0.2) is 5.91 Å². The zero-order valence-electron chi connectivity index (χ0n) is 12.5. The molecule has 0 aliphatic heterocycles. The minimum atomic E-state index is -0.00819. The van der Waals surface area contributed by atoms with E-state index >= 15 is 0 Å². The van der Waals surface area contributed by atoms with E-state index in [1.165, 1.54) is 0 Å². The normalized spacial score (nSPS) is 9.82. The molecule has 2 aromatic carbocycles. The molecule has 0 radical (unpaired) electrons. The lowest BCUT2D eigenvalue weighted by Crippen LogP contribution is -2.09. The molecular formula is C18H18N2O2. The zero-order valence-corrected chi connectivity index (χ0v) is 12.5. The third-order valence-corrected chi connectivity index (χ3v) is 3.14. The predicted octanol–water partition coefficient (Wildman–Crippen LogP) is 3.68. The van der Waals surface area contributed by atoms with Crippen LogP contribution in [0, 0.1) is 11.3 Å². The first-order chi connectivity index (χ1) is 10.7. The fourth-order valence-corrected chi connectivity index (χ4v) is 1.95. The summed E-state index contributed by atoms with van der Waals surface area (Å²) in [5.74, 6) is 0.746. The summed E-state index contributed by atoms with van der Waals surface area (Å²) >= 11 is 0. The number of nitriles is 1. The van der Waals surface area contributed by atoms with E-state index in [0.29, 0.717) is 19.4 Å². The van der Waals surface area contributed by atoms with Crippen LogP contribution in [0.1, 0.15) is 24.5 Å². The minimum Gasteiger partial charge on any atom is -0.489 e. The van der Waals surface area contributed by atoms with E-state index in [-0.39, 0.29) is 5.91 Å². The number of benzene rings is 2. The Morgan fingerprint density at radius 1 is 1.18 bits per heavy atom. The van der Waals surface area contributed by atoms with Crippen LogP contribution >= 0.6 is 0 Å². The van der Waals surface area contributed by atoms with Gasteiger partial charge in [-0.25, -0.2) is 0 Å². The Kier molecular flexibility index (Phi) is 5.56. The number of nitrogens with one attached hydrogen (secondary N) is 1. The number of anilines is 1. The maximum atomic E-state index is 11.4. The van der Waals surface area contributed by atoms with Gasteiger partial charge in [-0.3, -0.25) is 4.79 Å². The number of rotatable bonds is 6. The van der Waals surface area contributed by atoms with E-state index < -0.39 is 0 Å². The standard InChI is InChI=1S/C18H18N2O2/c1-2-18(21)20-16-5-3-4-15(12-16)13-22-17-8-6-14(7-9-17)10-11-19/h3-9,12H,2,10,13H2,1H3,(H,20,21). The number of carbonyl (C=O) groups is 1. The third-order valence-electron chi connectivity index (χ3n) is 3.14. The van der Waals surface area contributed by atoms with Gasteiger partial charge in [0.15, 0.2) is 0 Å². The first kappa shape index (κ1) is 15.6. The van der Waals surface area contributed by atoms with Crippen molar-refractivity contribution in [1.82, 2.24) is 0 Å². The van der Waals surface area contributed by atoms with Crippen LogP contribution in [0.25, 0.3) is 0 Å². The molecule has 0 atom stereocenters. The van der Waals surface area contributed by atoms with E-state index in [9.17, 15) is 4.79 Å². The molecule has 0 unspecified atom stereocenters. The van der Waals surface area contributed by atoms with Gasteiger partial charge in [-0.15, -0.1) is 0 Å². The highest BCUT2D eigenvalue weighted by Crippen LogP contribution is 2.16. The number of hydrogen-bond acceptors (Lipinski definition) is 3. The quantitative estimate of drug-likeness (QED) is 0.884. The van der Waals surface area contributed by atoms with Gasteiger partial charge in [0.05, 0.1) is 12.5 Å². The van der Waals surface area contributed by atoms with Gasteiger partial charge in [0, 0.05) is 12.1 Å². The Labute approximate surface area is 130 Å². The molecule has 0 saturated heterocycles. The summed E-state index contributed by atoms with van der Waals surface area (Å²) in [6, 6.07) is 17.2. The summed E-state index contributed by atoms with van der Waals surface area (Å²) in [6.45, 7) is 2.24. The molecule has 4 nitrogen and oxygen atoms in total. The summed E-state index contributed by atoms with van der Waals surface area (Å²) < 4.78 is 5.72. The topological polar surface area (TPSA) is 62.1 Å². The van der Waals surface area contributed by atoms with E-state index in [0.717, 1.165) is 22.6 Å². The molecule has 2 aromatic rings. The minimum absolute atomic E-state index is 0.00819. The lowest BCUT2D eigenvalue weighted by atomic mass is 10.1. The van der Waals surface area contributed by atoms with Crippen molar-refractivity contribution in [1.29, 1.82) is 5.26 Å². The summed E-state index contributed by atoms with van der Waals surface area (Å²) in [7, 11) is 0. The van der Waals surface area contributed by atoms with Crippen LogP contribution in [0.2, 0.25) is 0 Å². The van der Waals surface area contributed by atoms with Gasteiger partial charge in [0.25, 0.3) is 0 Å². The Balaban J connectivity index is 1.95. The summed E-state index contributed by atoms with van der Waals surface area (Å²) in [5, 5.41) is 11.5. The Morgan fingerprint density at radius 2 is 1.95 bits per heavy atom. The average molecular weight is 294 g/mol. The predicted molar refractivity (Wildman–Crippen MR) is 85.5 cm³/mol. The molecule has 0 fully saturated rings. The molecule has 0 aliphatic rings. The molecule has 1 amide bonds. The molecule has 1 N–H and O–H groups in total. The molecule has 0 heterocycles. The van der Waals surface area contributed by atoms with Gasteiger partial charge in [-0.05, 0) is 35.4 Å². The number of amides is 1. The van der Waals surface area contributed by atoms with Crippen molar-refractivity contribution in [3.05, 3.63) is 59.7 Å². The van der Waals surface area contributed by atoms with Crippen molar-refractivity contribution in [3.63, 3.8) is 0 Å². The smallest absolute Gasteiger partial charge is 0.224 e. The molecule has 112 valence electrons. The van der Waals surface area contributed by atoms with Gasteiger partial charge < -0.3 is 10.1 Å². The lowest BCUT2D eigenvalue weighted by Gasteiger charge is -2.09. The molecule has 2 rings (SSSR count). The largest absolute Gasteiger partial charge is 0.489 e. The fraction of sp³-hybridized carbons (Fsp3) is 0.222. The number of carbonyl (C=O) groups excluding carboxylic acids is 1. The van der Waals surface area contributed by atoms with E-state index in [1.807, 2.05) is 55.5 Å². The van der Waals surface area contributed by atoms with Crippen molar-refractivity contribution in [2.45, 2.75) is 26.4 Å². The molecule has 0 aliphatic carbocycles. The van der Waals surface area contributed by atoms with E-state index in [2.05, 4.69) is 11.4 Å². The summed E-state index contributed by atoms with van der Waals surface area (Å²) in [4.78, 5) is 11.4. The molecule has 22 heavy (non-hydrogen) atoms. The van der Waals surface area contributed by atoms with E-state index in [4.69, 9.17) is 10.00 Å². The summed E-state index contributed by atoms with van der Waals surface area (Å²) in [6.07, 6.45) is 0.856. The van der Waals surface area contributed by atoms with Gasteiger partial charge in [-0.1, -0.05) is 31.2 Å². The molecule has 0 saturated carbocycles. The van der Waals surface area contributed by atoms with Gasteiger partial charge >= 0.3 is 0 Å². The number of hydrogen-bond donors (Lipinski definition) is 1. The second-order valence-electron chi connectivity index (χ2n) is 4.87. The van der Waals surface area contributed by atoms with Crippen LogP contribution in [0.4, 0.5) is 5.69 Å². The highest BCUT2D eigenvalue weighted by atomic mass is 16.5. The average Bonchev–Trinajstić information content (AvgIpc) is 2.55. The second-order valence-corrected chi connectivity index (χ2v) is 4.87. The van der Waals surface area contributed by atoms with Gasteiger partial charge in [-0.2, -0.15) is 5.26 Å². The maximum absolute atomic E-state index is 11.4. The number of nitrogens with zero attached hydrogens (tertiary/aromatic N) is 1. The van der Waals surface area contributed by atoms with Crippen molar-refractivity contribution in [3.8, 4) is 11.8 Å². The zero-order chi connectivity index (χ0) is 15.8. The van der Waals surface area contributed by atoms with Crippen LogP contribution in [-0.2, 0) is 17.8 Å². The van der Waals surface area contributed by atoms with Crippen molar-refractivity contribution < 1.29 is 9.53 Å². The molecule has 0 spiro atoms. The van der Waals surface area contributed by atoms with Crippen LogP contribution in [0.3, 0.4) is 0 Å². The lowest BCUT2D eigenvalue weighted by molar-refractivity contribution is -0.115. The molecule has 0 bridgehead atoms. The van der Waals surface area contributed by atoms with Gasteiger partial charge in [0.2, 0.25) is 5.91 Å². The first-order valence-corrected chi connectivity index (χ1v) is 7.18. The van der Waals surface area contributed by atoms with Crippen LogP contribution in [0.15, 0.2) is 48.5 Å². The van der Waals surface area contributed by atoms with E-state index in [1.54, 1.807) is 0 Å². The van der Waals surface area contributed by atoms with Crippen molar-refractivity contribution in [2.24, 2.45) is 0 Å². The van der Waals surface area contributed by atoms with Crippen LogP contribution < -0.4 is 10.1 Å². The Bertz CT molecular complexity index is 672. The number of ether oxygens (including phenoxy) is 1. The molecule has 4 heteroatoms. The molecule has 0 aromatic heterocycles. The molecular weight excluding hydrogens is 276 g/mol.